The van der Waals surface area contributed by atoms with E-state index in [1.807, 2.05) is 24.3 Å². The number of carbonyl (C=O) groups is 2. The van der Waals surface area contributed by atoms with Gasteiger partial charge in [0.2, 0.25) is 5.91 Å². The molecule has 144 valence electrons. The SMILES string of the molecule is CC(=O)N(c1ccccc1)c1nc(/C=C(\C#N)C(=O)Nc2ccc(F)cc2)cs1. The van der Waals surface area contributed by atoms with Crippen LogP contribution in [0.1, 0.15) is 12.6 Å². The molecule has 1 aromatic heterocycles. The fourth-order valence-corrected chi connectivity index (χ4v) is 3.32. The van der Waals surface area contributed by atoms with Gasteiger partial charge in [0.05, 0.1) is 11.4 Å². The first-order valence-electron chi connectivity index (χ1n) is 8.48. The van der Waals surface area contributed by atoms with Gasteiger partial charge in [-0.1, -0.05) is 18.2 Å². The highest BCUT2D eigenvalue weighted by atomic mass is 32.1. The minimum Gasteiger partial charge on any atom is -0.321 e. The zero-order valence-corrected chi connectivity index (χ0v) is 16.1. The van der Waals surface area contributed by atoms with E-state index in [0.29, 0.717) is 22.2 Å². The lowest BCUT2D eigenvalue weighted by atomic mass is 10.2. The van der Waals surface area contributed by atoms with E-state index in [9.17, 15) is 19.2 Å². The van der Waals surface area contributed by atoms with Crippen LogP contribution >= 0.6 is 11.3 Å². The number of anilines is 3. The van der Waals surface area contributed by atoms with Gasteiger partial charge in [-0.2, -0.15) is 5.26 Å². The summed E-state index contributed by atoms with van der Waals surface area (Å²) in [7, 11) is 0. The van der Waals surface area contributed by atoms with Crippen molar-refractivity contribution in [1.29, 1.82) is 5.26 Å². The van der Waals surface area contributed by atoms with Gasteiger partial charge in [-0.15, -0.1) is 11.3 Å². The predicted octanol–water partition coefficient (Wildman–Crippen LogP) is 4.51. The molecule has 2 amide bonds. The summed E-state index contributed by atoms with van der Waals surface area (Å²) in [5.74, 6) is -1.28. The monoisotopic (exact) mass is 406 g/mol. The Bertz CT molecular complexity index is 1100. The van der Waals surface area contributed by atoms with Gasteiger partial charge < -0.3 is 5.32 Å². The molecule has 0 unspecified atom stereocenters. The maximum Gasteiger partial charge on any atom is 0.266 e. The number of halogens is 1. The number of nitrogens with zero attached hydrogens (tertiary/aromatic N) is 3. The van der Waals surface area contributed by atoms with Gasteiger partial charge in [0.1, 0.15) is 17.5 Å². The standard InChI is InChI=1S/C21H15FN4O2S/c1-14(27)26(19-5-3-2-4-6-19)21-25-18(13-29-21)11-15(12-23)20(28)24-17-9-7-16(22)8-10-17/h2-11,13H,1H3,(H,24,28)/b15-11+. The minimum absolute atomic E-state index is 0.166. The van der Waals surface area contributed by atoms with E-state index >= 15 is 0 Å². The van der Waals surface area contributed by atoms with E-state index < -0.39 is 11.7 Å². The van der Waals surface area contributed by atoms with E-state index in [1.54, 1.807) is 17.5 Å². The molecule has 0 aliphatic rings. The number of amides is 2. The summed E-state index contributed by atoms with van der Waals surface area (Å²) in [6.07, 6.45) is 1.34. The van der Waals surface area contributed by atoms with Crippen LogP contribution in [0.4, 0.5) is 20.9 Å². The summed E-state index contributed by atoms with van der Waals surface area (Å²) >= 11 is 1.22. The zero-order valence-electron chi connectivity index (χ0n) is 15.3. The first kappa shape index (κ1) is 19.9. The van der Waals surface area contributed by atoms with E-state index in [2.05, 4.69) is 10.3 Å². The van der Waals surface area contributed by atoms with Crippen molar-refractivity contribution in [3.63, 3.8) is 0 Å². The summed E-state index contributed by atoms with van der Waals surface area (Å²) in [6.45, 7) is 1.43. The highest BCUT2D eigenvalue weighted by Gasteiger charge is 2.18. The molecule has 0 bridgehead atoms. The Morgan fingerprint density at radius 2 is 1.86 bits per heavy atom. The average Bonchev–Trinajstić information content (AvgIpc) is 3.16. The van der Waals surface area contributed by atoms with Gasteiger partial charge in [-0.05, 0) is 42.5 Å². The Hall–Kier alpha value is -3.83. The second-order valence-electron chi connectivity index (χ2n) is 5.88. The summed E-state index contributed by atoms with van der Waals surface area (Å²) in [4.78, 5) is 30.2. The normalized spacial score (nSPS) is 10.9. The number of nitriles is 1. The quantitative estimate of drug-likeness (QED) is 0.499. The molecule has 0 atom stereocenters. The zero-order chi connectivity index (χ0) is 20.8. The highest BCUT2D eigenvalue weighted by molar-refractivity contribution is 7.14. The summed E-state index contributed by atoms with van der Waals surface area (Å²) in [6, 6.07) is 16.1. The van der Waals surface area contributed by atoms with E-state index in [-0.39, 0.29) is 11.5 Å². The Morgan fingerprint density at radius 3 is 2.48 bits per heavy atom. The third kappa shape index (κ3) is 4.91. The molecular weight excluding hydrogens is 391 g/mol. The van der Waals surface area contributed by atoms with Crippen molar-refractivity contribution >= 4 is 45.7 Å². The van der Waals surface area contributed by atoms with Crippen molar-refractivity contribution < 1.29 is 14.0 Å². The van der Waals surface area contributed by atoms with Crippen LogP contribution in [0.3, 0.4) is 0 Å². The molecule has 0 radical (unpaired) electrons. The van der Waals surface area contributed by atoms with Gasteiger partial charge >= 0.3 is 0 Å². The molecule has 6 nitrogen and oxygen atoms in total. The fraction of sp³-hybridized carbons (Fsp3) is 0.0476. The maximum absolute atomic E-state index is 13.0. The fourth-order valence-electron chi connectivity index (χ4n) is 2.48. The van der Waals surface area contributed by atoms with Crippen LogP contribution in [0, 0.1) is 17.1 Å². The van der Waals surface area contributed by atoms with Crippen molar-refractivity contribution in [1.82, 2.24) is 4.98 Å². The van der Waals surface area contributed by atoms with Crippen LogP contribution < -0.4 is 10.2 Å². The number of hydrogen-bond donors (Lipinski definition) is 1. The van der Waals surface area contributed by atoms with Crippen LogP contribution in [0.5, 0.6) is 0 Å². The van der Waals surface area contributed by atoms with Gasteiger partial charge in [0.15, 0.2) is 5.13 Å². The van der Waals surface area contributed by atoms with E-state index in [4.69, 9.17) is 0 Å². The number of aromatic nitrogens is 1. The Labute approximate surface area is 170 Å². The summed E-state index contributed by atoms with van der Waals surface area (Å²) in [5, 5.41) is 13.9. The molecule has 1 N–H and O–H groups in total. The molecule has 0 saturated heterocycles. The lowest BCUT2D eigenvalue weighted by Crippen LogP contribution is -2.22. The number of hydrogen-bond acceptors (Lipinski definition) is 5. The Balaban J connectivity index is 1.83. The molecule has 8 heteroatoms. The lowest BCUT2D eigenvalue weighted by Gasteiger charge is -2.17. The van der Waals surface area contributed by atoms with Gasteiger partial charge in [0, 0.05) is 18.0 Å². The molecule has 0 spiro atoms. The molecule has 0 saturated carbocycles. The number of carbonyl (C=O) groups excluding carboxylic acids is 2. The Morgan fingerprint density at radius 1 is 1.17 bits per heavy atom. The first-order chi connectivity index (χ1) is 14.0. The van der Waals surface area contributed by atoms with E-state index in [1.165, 1.54) is 53.5 Å². The third-order valence-electron chi connectivity index (χ3n) is 3.79. The van der Waals surface area contributed by atoms with Crippen molar-refractivity contribution in [2.75, 3.05) is 10.2 Å². The summed E-state index contributed by atoms with van der Waals surface area (Å²) < 4.78 is 13.0. The number of benzene rings is 2. The van der Waals surface area contributed by atoms with Gasteiger partial charge in [0.25, 0.3) is 5.91 Å². The van der Waals surface area contributed by atoms with Crippen LogP contribution in [0.25, 0.3) is 6.08 Å². The molecule has 3 rings (SSSR count). The highest BCUT2D eigenvalue weighted by Crippen LogP contribution is 2.29. The lowest BCUT2D eigenvalue weighted by molar-refractivity contribution is -0.116. The van der Waals surface area contributed by atoms with Crippen LogP contribution in [-0.4, -0.2) is 16.8 Å². The maximum atomic E-state index is 13.0. The molecular formula is C21H15FN4O2S. The molecule has 0 aliphatic heterocycles. The topological polar surface area (TPSA) is 86.1 Å². The average molecular weight is 406 g/mol. The predicted molar refractivity (Wildman–Crippen MR) is 110 cm³/mol. The van der Waals surface area contributed by atoms with Crippen molar-refractivity contribution in [2.24, 2.45) is 0 Å². The van der Waals surface area contributed by atoms with Crippen molar-refractivity contribution in [3.8, 4) is 6.07 Å². The third-order valence-corrected chi connectivity index (χ3v) is 4.63. The molecule has 0 fully saturated rings. The minimum atomic E-state index is -0.639. The first-order valence-corrected chi connectivity index (χ1v) is 9.36. The number of para-hydroxylation sites is 1. The second-order valence-corrected chi connectivity index (χ2v) is 6.71. The smallest absolute Gasteiger partial charge is 0.266 e. The van der Waals surface area contributed by atoms with Crippen LogP contribution in [-0.2, 0) is 9.59 Å². The van der Waals surface area contributed by atoms with Gasteiger partial charge in [-0.25, -0.2) is 9.37 Å². The van der Waals surface area contributed by atoms with E-state index in [0.717, 1.165) is 0 Å². The summed E-state index contributed by atoms with van der Waals surface area (Å²) in [5.41, 5.74) is 1.24. The van der Waals surface area contributed by atoms with Crippen molar-refractivity contribution in [3.05, 3.63) is 77.1 Å². The molecule has 1 heterocycles. The molecule has 2 aromatic carbocycles. The second kappa shape index (κ2) is 8.91. The van der Waals surface area contributed by atoms with Gasteiger partial charge in [-0.3, -0.25) is 14.5 Å². The van der Waals surface area contributed by atoms with Crippen molar-refractivity contribution in [2.45, 2.75) is 6.92 Å². The largest absolute Gasteiger partial charge is 0.321 e. The van der Waals surface area contributed by atoms with Crippen LogP contribution in [0.2, 0.25) is 0 Å². The molecule has 29 heavy (non-hydrogen) atoms. The molecule has 3 aromatic rings. The Kier molecular flexibility index (Phi) is 6.12. The number of nitrogens with one attached hydrogen (secondary N) is 1. The number of rotatable bonds is 5. The number of thiazole rings is 1. The molecule has 0 aliphatic carbocycles. The van der Waals surface area contributed by atoms with Crippen LogP contribution in [0.15, 0.2) is 65.6 Å².